The number of likely N-dealkylation sites (tertiary alicyclic amines) is 1. The molecule has 11 nitrogen and oxygen atoms in total. The van der Waals surface area contributed by atoms with Gasteiger partial charge < -0.3 is 34.2 Å². The van der Waals surface area contributed by atoms with Crippen molar-refractivity contribution in [3.63, 3.8) is 0 Å². The molecular weight excluding hydrogens is 693 g/mol. The zero-order chi connectivity index (χ0) is 38.7. The predicted octanol–water partition coefficient (Wildman–Crippen LogP) is 7.00. The summed E-state index contributed by atoms with van der Waals surface area (Å²) in [7, 11) is 1.41. The summed E-state index contributed by atoms with van der Waals surface area (Å²) < 4.78 is 60.9. The van der Waals surface area contributed by atoms with Gasteiger partial charge in [-0.2, -0.15) is 13.2 Å². The van der Waals surface area contributed by atoms with Crippen LogP contribution < -0.4 is 15.0 Å². The second kappa shape index (κ2) is 15.4. The Balaban J connectivity index is 1.45. The van der Waals surface area contributed by atoms with Crippen molar-refractivity contribution in [1.29, 1.82) is 0 Å². The first-order valence-electron chi connectivity index (χ1n) is 17.4. The SMILES string of the molecule is CN(C(=O)c1cc2c(cc1C(F)(F)F)OC(C)(C)C(=O)N2CCNC(=O)OCc1ccccc1)[C@H]1CN(C(=O)OC(C)(C)C)CC[C@@H]1c1ccccc1. The molecule has 5 rings (SSSR count). The van der Waals surface area contributed by atoms with Gasteiger partial charge in [-0.15, -0.1) is 0 Å². The maximum Gasteiger partial charge on any atom is 0.417 e. The largest absolute Gasteiger partial charge is 0.476 e. The molecule has 2 aliphatic heterocycles. The molecule has 4 amide bonds. The Morgan fingerprint density at radius 1 is 1.00 bits per heavy atom. The summed E-state index contributed by atoms with van der Waals surface area (Å²) in [5.41, 5.74) is -2.70. The molecule has 2 aliphatic rings. The van der Waals surface area contributed by atoms with Crippen LogP contribution in [0.4, 0.5) is 28.4 Å². The molecule has 0 bridgehead atoms. The third-order valence-electron chi connectivity index (χ3n) is 9.15. The number of nitrogens with zero attached hydrogens (tertiary/aromatic N) is 3. The van der Waals surface area contributed by atoms with E-state index in [2.05, 4.69) is 5.32 Å². The Morgan fingerprint density at radius 3 is 2.26 bits per heavy atom. The number of alkyl carbamates (subject to hydrolysis) is 1. The number of piperidine rings is 1. The molecular formula is C39H45F3N4O7. The molecule has 2 atom stereocenters. The number of fused-ring (bicyclic) bond motifs is 1. The molecule has 0 unspecified atom stereocenters. The van der Waals surface area contributed by atoms with E-state index in [1.807, 2.05) is 36.4 Å². The number of amides is 4. The maximum absolute atomic E-state index is 14.8. The number of carbonyl (C=O) groups excluding carboxylic acids is 4. The molecule has 0 aromatic heterocycles. The van der Waals surface area contributed by atoms with E-state index in [9.17, 15) is 32.3 Å². The summed E-state index contributed by atoms with van der Waals surface area (Å²) in [6, 6.07) is 19.3. The van der Waals surface area contributed by atoms with Crippen LogP contribution in [0.2, 0.25) is 0 Å². The third kappa shape index (κ3) is 9.21. The van der Waals surface area contributed by atoms with Gasteiger partial charge in [0.05, 0.1) is 22.9 Å². The Kier molecular flexibility index (Phi) is 11.3. The molecule has 0 spiro atoms. The molecule has 3 aromatic rings. The fraction of sp³-hybridized carbons (Fsp3) is 0.436. The minimum absolute atomic E-state index is 0.0109. The standard InChI is InChI=1S/C39H45F3N4O7/c1-37(2,3)53-36(50)45-19-17-27(26-15-11-8-12-16-26)31(23-45)44(6)33(47)28-21-30-32(22-29(28)39(40,41)42)52-38(4,5)34(48)46(30)20-18-43-35(49)51-24-25-13-9-7-10-14-25/h7-16,21-22,27,31H,17-20,23-24H2,1-6H3,(H,43,49)/t27-,31+/m1/s1. The lowest BCUT2D eigenvalue weighted by atomic mass is 9.84. The van der Waals surface area contributed by atoms with E-state index in [4.69, 9.17) is 14.2 Å². The molecule has 1 N–H and O–H groups in total. The van der Waals surface area contributed by atoms with Crippen LogP contribution in [0.25, 0.3) is 0 Å². The Morgan fingerprint density at radius 2 is 1.64 bits per heavy atom. The normalized spacial score (nSPS) is 18.4. The van der Waals surface area contributed by atoms with Crippen molar-refractivity contribution >= 4 is 29.7 Å². The van der Waals surface area contributed by atoms with Crippen LogP contribution in [0, 0.1) is 0 Å². The molecule has 2 heterocycles. The maximum atomic E-state index is 14.8. The lowest BCUT2D eigenvalue weighted by Gasteiger charge is -2.43. The van der Waals surface area contributed by atoms with E-state index in [0.29, 0.717) is 13.0 Å². The van der Waals surface area contributed by atoms with Crippen molar-refractivity contribution in [2.75, 3.05) is 38.1 Å². The van der Waals surface area contributed by atoms with Crippen molar-refractivity contribution in [2.24, 2.45) is 0 Å². The first-order valence-corrected chi connectivity index (χ1v) is 17.4. The summed E-state index contributed by atoms with van der Waals surface area (Å²) in [4.78, 5) is 57.4. The Bertz CT molecular complexity index is 1810. The number of hydrogen-bond donors (Lipinski definition) is 1. The lowest BCUT2D eigenvalue weighted by molar-refractivity contribution is -0.138. The van der Waals surface area contributed by atoms with Gasteiger partial charge in [-0.05, 0) is 64.3 Å². The fourth-order valence-corrected chi connectivity index (χ4v) is 6.54. The molecule has 1 saturated heterocycles. The number of halogens is 3. The highest BCUT2D eigenvalue weighted by Crippen LogP contribution is 2.44. The Labute approximate surface area is 307 Å². The van der Waals surface area contributed by atoms with Gasteiger partial charge in [0, 0.05) is 39.1 Å². The molecule has 0 saturated carbocycles. The van der Waals surface area contributed by atoms with Crippen LogP contribution in [0.3, 0.4) is 0 Å². The molecule has 53 heavy (non-hydrogen) atoms. The van der Waals surface area contributed by atoms with Gasteiger partial charge in [-0.1, -0.05) is 60.7 Å². The van der Waals surface area contributed by atoms with Crippen molar-refractivity contribution in [3.8, 4) is 5.75 Å². The van der Waals surface area contributed by atoms with E-state index in [1.54, 1.807) is 45.0 Å². The number of rotatable bonds is 8. The van der Waals surface area contributed by atoms with Crippen LogP contribution in [0.15, 0.2) is 72.8 Å². The minimum atomic E-state index is -4.97. The summed E-state index contributed by atoms with van der Waals surface area (Å²) in [6.07, 6.45) is -5.89. The first-order chi connectivity index (χ1) is 24.9. The highest BCUT2D eigenvalue weighted by molar-refractivity contribution is 6.05. The number of anilines is 1. The average Bonchev–Trinajstić information content (AvgIpc) is 3.10. The van der Waals surface area contributed by atoms with Gasteiger partial charge in [0.25, 0.3) is 11.8 Å². The summed E-state index contributed by atoms with van der Waals surface area (Å²) in [5, 5.41) is 2.57. The molecule has 1 fully saturated rings. The van der Waals surface area contributed by atoms with Gasteiger partial charge in [-0.3, -0.25) is 9.59 Å². The number of benzene rings is 3. The smallest absolute Gasteiger partial charge is 0.417 e. The van der Waals surface area contributed by atoms with Gasteiger partial charge in [-0.25, -0.2) is 9.59 Å². The van der Waals surface area contributed by atoms with E-state index in [0.717, 1.165) is 23.3 Å². The number of nitrogens with one attached hydrogen (secondary N) is 1. The van der Waals surface area contributed by atoms with Gasteiger partial charge in [0.1, 0.15) is 18.0 Å². The third-order valence-corrected chi connectivity index (χ3v) is 9.15. The highest BCUT2D eigenvalue weighted by atomic mass is 19.4. The van der Waals surface area contributed by atoms with Crippen LogP contribution in [0.5, 0.6) is 5.75 Å². The van der Waals surface area contributed by atoms with Crippen molar-refractivity contribution < 1.29 is 46.6 Å². The van der Waals surface area contributed by atoms with Crippen molar-refractivity contribution in [1.82, 2.24) is 15.1 Å². The zero-order valence-electron chi connectivity index (χ0n) is 30.7. The van der Waals surface area contributed by atoms with E-state index in [1.165, 1.54) is 35.6 Å². The molecule has 0 aliphatic carbocycles. The van der Waals surface area contributed by atoms with Crippen molar-refractivity contribution in [3.05, 3.63) is 95.1 Å². The quantitative estimate of drug-likeness (QED) is 0.265. The van der Waals surface area contributed by atoms with Gasteiger partial charge >= 0.3 is 18.4 Å². The molecule has 14 heteroatoms. The molecule has 284 valence electrons. The van der Waals surface area contributed by atoms with Crippen LogP contribution in [-0.2, 0) is 27.1 Å². The van der Waals surface area contributed by atoms with Crippen molar-refractivity contribution in [2.45, 2.75) is 77.0 Å². The minimum Gasteiger partial charge on any atom is -0.476 e. The molecule has 3 aromatic carbocycles. The fourth-order valence-electron chi connectivity index (χ4n) is 6.54. The van der Waals surface area contributed by atoms with E-state index in [-0.39, 0.29) is 43.6 Å². The van der Waals surface area contributed by atoms with E-state index < -0.39 is 58.5 Å². The van der Waals surface area contributed by atoms with E-state index >= 15 is 0 Å². The average molecular weight is 739 g/mol. The second-order valence-corrected chi connectivity index (χ2v) is 14.6. The second-order valence-electron chi connectivity index (χ2n) is 14.6. The number of likely N-dealkylation sites (N-methyl/N-ethyl adjacent to an activating group) is 1. The number of carbonyl (C=O) groups is 4. The monoisotopic (exact) mass is 738 g/mol. The zero-order valence-corrected chi connectivity index (χ0v) is 30.7. The molecule has 0 radical (unpaired) electrons. The summed E-state index contributed by atoms with van der Waals surface area (Å²) >= 11 is 0. The number of alkyl halides is 3. The lowest BCUT2D eigenvalue weighted by Crippen LogP contribution is -2.55. The first kappa shape index (κ1) is 38.9. The van der Waals surface area contributed by atoms with Gasteiger partial charge in [0.15, 0.2) is 5.60 Å². The predicted molar refractivity (Wildman–Crippen MR) is 191 cm³/mol. The number of ether oxygens (including phenoxy) is 3. The van der Waals surface area contributed by atoms with Crippen LogP contribution in [-0.4, -0.2) is 84.3 Å². The topological polar surface area (TPSA) is 118 Å². The summed E-state index contributed by atoms with van der Waals surface area (Å²) in [5.74, 6) is -2.10. The van der Waals surface area contributed by atoms with Crippen LogP contribution in [0.1, 0.15) is 74.0 Å². The Hall–Kier alpha value is -5.27. The summed E-state index contributed by atoms with van der Waals surface area (Å²) in [6.45, 7) is 8.13. The van der Waals surface area contributed by atoms with Crippen LogP contribution >= 0.6 is 0 Å². The number of hydrogen-bond acceptors (Lipinski definition) is 7. The highest BCUT2D eigenvalue weighted by Gasteiger charge is 2.46. The van der Waals surface area contributed by atoms with Gasteiger partial charge in [0.2, 0.25) is 0 Å².